The zero-order valence-corrected chi connectivity index (χ0v) is 11.7. The van der Waals surface area contributed by atoms with Gasteiger partial charge in [-0.05, 0) is 6.42 Å². The van der Waals surface area contributed by atoms with E-state index >= 15 is 0 Å². The third-order valence-electron chi connectivity index (χ3n) is 3.08. The molecule has 1 aromatic rings. The minimum absolute atomic E-state index is 0.245. The Labute approximate surface area is 117 Å². The molecule has 7 nitrogen and oxygen atoms in total. The van der Waals surface area contributed by atoms with E-state index in [9.17, 15) is 20.2 Å². The van der Waals surface area contributed by atoms with Gasteiger partial charge in [0.1, 0.15) is 12.6 Å². The van der Waals surface area contributed by atoms with Crippen molar-refractivity contribution in [2.45, 2.75) is 52.0 Å². The van der Waals surface area contributed by atoms with Gasteiger partial charge in [-0.1, -0.05) is 32.6 Å². The highest BCUT2D eigenvalue weighted by atomic mass is 16.6. The summed E-state index contributed by atoms with van der Waals surface area (Å²) >= 11 is 0. The van der Waals surface area contributed by atoms with Crippen LogP contribution in [-0.2, 0) is 6.54 Å². The molecule has 0 amide bonds. The molecule has 0 unspecified atom stereocenters. The van der Waals surface area contributed by atoms with Crippen molar-refractivity contribution in [1.82, 2.24) is 0 Å². The molecule has 0 aliphatic carbocycles. The quantitative estimate of drug-likeness (QED) is 0.301. The molecule has 1 heterocycles. The Morgan fingerprint density at radius 2 is 1.45 bits per heavy atom. The molecular formula is C13H20N3O4+. The van der Waals surface area contributed by atoms with Gasteiger partial charge in [-0.15, -0.1) is 0 Å². The van der Waals surface area contributed by atoms with Gasteiger partial charge < -0.3 is 0 Å². The Bertz CT molecular complexity index is 444. The SMILES string of the molecule is CCCCCCCC[n+]1cc([N+](=O)[O-])cc([N+](=O)[O-])c1. The first-order chi connectivity index (χ1) is 9.54. The number of rotatable bonds is 9. The zero-order valence-electron chi connectivity index (χ0n) is 11.7. The number of unbranched alkanes of at least 4 members (excludes halogenated alkanes) is 5. The van der Waals surface area contributed by atoms with Crippen molar-refractivity contribution in [3.05, 3.63) is 38.7 Å². The Morgan fingerprint density at radius 3 is 1.95 bits per heavy atom. The molecular weight excluding hydrogens is 262 g/mol. The summed E-state index contributed by atoms with van der Waals surface area (Å²) in [6, 6.07) is 0.984. The van der Waals surface area contributed by atoms with Crippen LogP contribution in [0.1, 0.15) is 45.4 Å². The normalized spacial score (nSPS) is 10.4. The smallest absolute Gasteiger partial charge is 0.258 e. The van der Waals surface area contributed by atoms with E-state index < -0.39 is 9.85 Å². The average Bonchev–Trinajstić information content (AvgIpc) is 2.42. The summed E-state index contributed by atoms with van der Waals surface area (Å²) in [7, 11) is 0. The van der Waals surface area contributed by atoms with Crippen LogP contribution in [0.2, 0.25) is 0 Å². The van der Waals surface area contributed by atoms with Gasteiger partial charge in [-0.3, -0.25) is 20.2 Å². The van der Waals surface area contributed by atoms with E-state index in [1.54, 1.807) is 0 Å². The molecule has 1 aromatic heterocycles. The number of hydrogen-bond acceptors (Lipinski definition) is 4. The van der Waals surface area contributed by atoms with E-state index in [1.807, 2.05) is 0 Å². The maximum atomic E-state index is 10.7. The lowest BCUT2D eigenvalue weighted by Gasteiger charge is -1.99. The highest BCUT2D eigenvalue weighted by molar-refractivity contribution is 5.35. The van der Waals surface area contributed by atoms with Gasteiger partial charge >= 0.3 is 11.4 Å². The van der Waals surface area contributed by atoms with Crippen LogP contribution in [0.4, 0.5) is 11.4 Å². The molecule has 20 heavy (non-hydrogen) atoms. The predicted molar refractivity (Wildman–Crippen MR) is 73.3 cm³/mol. The summed E-state index contributed by atoms with van der Waals surface area (Å²) in [6.07, 6.45) is 9.32. The number of aryl methyl sites for hydroxylation is 1. The molecule has 110 valence electrons. The third kappa shape index (κ3) is 5.29. The fourth-order valence-electron chi connectivity index (χ4n) is 2.01. The van der Waals surface area contributed by atoms with Gasteiger partial charge in [0.25, 0.3) is 0 Å². The Morgan fingerprint density at radius 1 is 0.950 bits per heavy atom. The van der Waals surface area contributed by atoms with Crippen molar-refractivity contribution in [3.63, 3.8) is 0 Å². The highest BCUT2D eigenvalue weighted by Gasteiger charge is 2.21. The maximum Gasteiger partial charge on any atom is 0.339 e. The Hall–Kier alpha value is -2.05. The molecule has 0 aromatic carbocycles. The van der Waals surface area contributed by atoms with Crippen LogP contribution in [-0.4, -0.2) is 9.85 Å². The first-order valence-corrected chi connectivity index (χ1v) is 6.87. The van der Waals surface area contributed by atoms with Crippen LogP contribution in [0.3, 0.4) is 0 Å². The summed E-state index contributed by atoms with van der Waals surface area (Å²) in [5.74, 6) is 0. The second kappa shape index (κ2) is 8.19. The van der Waals surface area contributed by atoms with E-state index in [2.05, 4.69) is 6.92 Å². The summed E-state index contributed by atoms with van der Waals surface area (Å²) in [5.41, 5.74) is -0.490. The molecule has 0 radical (unpaired) electrons. The van der Waals surface area contributed by atoms with Crippen LogP contribution < -0.4 is 4.57 Å². The molecule has 0 atom stereocenters. The molecule has 0 aliphatic heterocycles. The van der Waals surface area contributed by atoms with Crippen molar-refractivity contribution < 1.29 is 14.4 Å². The largest absolute Gasteiger partial charge is 0.339 e. The van der Waals surface area contributed by atoms with Crippen molar-refractivity contribution in [2.24, 2.45) is 0 Å². The molecule has 0 N–H and O–H groups in total. The molecule has 0 bridgehead atoms. The molecule has 0 saturated carbocycles. The van der Waals surface area contributed by atoms with Crippen molar-refractivity contribution in [2.75, 3.05) is 0 Å². The number of nitrogens with zero attached hydrogens (tertiary/aromatic N) is 3. The summed E-state index contributed by atoms with van der Waals surface area (Å²) < 4.78 is 1.54. The highest BCUT2D eigenvalue weighted by Crippen LogP contribution is 2.16. The van der Waals surface area contributed by atoms with Crippen LogP contribution >= 0.6 is 0 Å². The Balaban J connectivity index is 2.60. The lowest BCUT2D eigenvalue weighted by Crippen LogP contribution is -2.33. The van der Waals surface area contributed by atoms with Crippen molar-refractivity contribution >= 4 is 11.4 Å². The zero-order chi connectivity index (χ0) is 15.0. The molecule has 1 rings (SSSR count). The van der Waals surface area contributed by atoms with Crippen LogP contribution in [0.15, 0.2) is 18.5 Å². The van der Waals surface area contributed by atoms with Crippen molar-refractivity contribution in [3.8, 4) is 0 Å². The second-order valence-corrected chi connectivity index (χ2v) is 4.77. The third-order valence-corrected chi connectivity index (χ3v) is 3.08. The maximum absolute atomic E-state index is 10.7. The summed E-state index contributed by atoms with van der Waals surface area (Å²) in [4.78, 5) is 20.3. The number of nitro groups is 2. The molecule has 0 saturated heterocycles. The predicted octanol–water partition coefficient (Wildman–Crippen LogP) is 3.15. The first-order valence-electron chi connectivity index (χ1n) is 6.87. The standard InChI is InChI=1S/C13H20N3O4/c1-2-3-4-5-6-7-8-14-10-12(15(17)18)9-13(11-14)16(19)20/h9-11H,2-8H2,1H3/q+1. The molecule has 0 spiro atoms. The summed E-state index contributed by atoms with van der Waals surface area (Å²) in [6.45, 7) is 2.72. The Kier molecular flexibility index (Phi) is 6.55. The van der Waals surface area contributed by atoms with E-state index in [1.165, 1.54) is 36.2 Å². The van der Waals surface area contributed by atoms with Crippen LogP contribution in [0, 0.1) is 20.2 Å². The number of hydrogen-bond donors (Lipinski definition) is 0. The molecule has 0 aliphatic rings. The van der Waals surface area contributed by atoms with Crippen LogP contribution in [0.25, 0.3) is 0 Å². The second-order valence-electron chi connectivity index (χ2n) is 4.77. The number of pyridine rings is 1. The monoisotopic (exact) mass is 282 g/mol. The van der Waals surface area contributed by atoms with Crippen LogP contribution in [0.5, 0.6) is 0 Å². The van der Waals surface area contributed by atoms with Gasteiger partial charge in [0.15, 0.2) is 0 Å². The van der Waals surface area contributed by atoms with Gasteiger partial charge in [0, 0.05) is 6.42 Å². The minimum Gasteiger partial charge on any atom is -0.258 e. The van der Waals surface area contributed by atoms with Gasteiger partial charge in [-0.25, -0.2) is 0 Å². The number of aromatic nitrogens is 1. The summed E-state index contributed by atoms with van der Waals surface area (Å²) in [5, 5.41) is 21.5. The van der Waals surface area contributed by atoms with Gasteiger partial charge in [0.05, 0.1) is 9.85 Å². The van der Waals surface area contributed by atoms with Gasteiger partial charge in [0.2, 0.25) is 12.4 Å². The molecule has 7 heteroatoms. The van der Waals surface area contributed by atoms with E-state index in [4.69, 9.17) is 0 Å². The van der Waals surface area contributed by atoms with E-state index in [0.717, 1.165) is 25.3 Å². The average molecular weight is 282 g/mol. The first kappa shape index (κ1) is 16.0. The van der Waals surface area contributed by atoms with E-state index in [0.29, 0.717) is 6.54 Å². The minimum atomic E-state index is -0.606. The fraction of sp³-hybridized carbons (Fsp3) is 0.615. The molecule has 0 fully saturated rings. The topological polar surface area (TPSA) is 90.2 Å². The lowest BCUT2D eigenvalue weighted by atomic mass is 10.1. The van der Waals surface area contributed by atoms with Crippen molar-refractivity contribution in [1.29, 1.82) is 0 Å². The fourth-order valence-corrected chi connectivity index (χ4v) is 2.01. The van der Waals surface area contributed by atoms with E-state index in [-0.39, 0.29) is 11.4 Å². The van der Waals surface area contributed by atoms with Gasteiger partial charge in [-0.2, -0.15) is 4.57 Å². The lowest BCUT2D eigenvalue weighted by molar-refractivity contribution is -0.702.